The predicted octanol–water partition coefficient (Wildman–Crippen LogP) is 5.51. The normalized spacial score (nSPS) is 16.4. The lowest BCUT2D eigenvalue weighted by Gasteiger charge is -2.38. The first-order chi connectivity index (χ1) is 34.2. The Bertz CT molecular complexity index is 2300. The van der Waals surface area contributed by atoms with Gasteiger partial charge in [0.05, 0.1) is 12.0 Å². The lowest BCUT2D eigenvalue weighted by atomic mass is 9.92. The largest absolute Gasteiger partial charge is 0.481 e. The number of aromatic nitrogens is 1. The highest BCUT2D eigenvalue weighted by Gasteiger charge is 2.39. The Morgan fingerprint density at radius 3 is 2.26 bits per heavy atom. The number of anilines is 1. The summed E-state index contributed by atoms with van der Waals surface area (Å²) in [6, 6.07) is 11.7. The molecular formula is C51H73N9O11S. The maximum Gasteiger partial charge on any atom is 0.410 e. The molecule has 394 valence electrons. The van der Waals surface area contributed by atoms with Crippen LogP contribution in [0.4, 0.5) is 15.3 Å². The molecule has 0 unspecified atom stereocenters. The summed E-state index contributed by atoms with van der Waals surface area (Å²) in [6.07, 6.45) is 2.11. The molecule has 1 aromatic heterocycles. The molecule has 2 heterocycles. The summed E-state index contributed by atoms with van der Waals surface area (Å²) in [6.45, 7) is 10.9. The smallest absolute Gasteiger partial charge is 0.410 e. The summed E-state index contributed by atoms with van der Waals surface area (Å²) in [4.78, 5) is 111. The first kappa shape index (κ1) is 58.0. The number of carbonyl (C=O) groups excluding carboxylic acids is 7. The number of carbonyl (C=O) groups is 8. The molecule has 0 spiro atoms. The molecule has 3 aromatic rings. The first-order valence-corrected chi connectivity index (χ1v) is 25.5. The third-order valence-electron chi connectivity index (χ3n) is 12.9. The Morgan fingerprint density at radius 2 is 1.64 bits per heavy atom. The number of benzene rings is 2. The van der Waals surface area contributed by atoms with Gasteiger partial charge in [0.1, 0.15) is 29.4 Å². The van der Waals surface area contributed by atoms with E-state index in [0.29, 0.717) is 67.7 Å². The van der Waals surface area contributed by atoms with Gasteiger partial charge in [-0.3, -0.25) is 33.7 Å². The molecule has 72 heavy (non-hydrogen) atoms. The second-order valence-electron chi connectivity index (χ2n) is 18.9. The SMILES string of the molecule is CC[C@H](C)[C@H](NC(=O)[C@H]1CCCCN1C(=O)OCc1ccc(NC(=O)[C@@H](N)CCCNC(N)=O)cc1)C(=O)N(C)[C@H](C[C@@H](OC(C)=O)c1nc(C(=O)N[C@@H](Cc2ccccc2)C[C@H](C)C(=O)O)cs1)C(C)C. The van der Waals surface area contributed by atoms with Crippen molar-refractivity contribution >= 4 is 64.7 Å². The number of nitrogens with one attached hydrogen (secondary N) is 4. The van der Waals surface area contributed by atoms with E-state index in [1.165, 1.54) is 11.8 Å². The maximum atomic E-state index is 14.6. The number of rotatable bonds is 26. The van der Waals surface area contributed by atoms with Crippen molar-refractivity contribution in [3.63, 3.8) is 0 Å². The van der Waals surface area contributed by atoms with Gasteiger partial charge < -0.3 is 52.2 Å². The minimum Gasteiger partial charge on any atom is -0.481 e. The molecule has 0 radical (unpaired) electrons. The van der Waals surface area contributed by atoms with Gasteiger partial charge in [0.2, 0.25) is 17.7 Å². The van der Waals surface area contributed by atoms with Gasteiger partial charge >= 0.3 is 24.1 Å². The van der Waals surface area contributed by atoms with Gasteiger partial charge in [0.25, 0.3) is 5.91 Å². The molecule has 4 rings (SSSR count). The zero-order valence-electron chi connectivity index (χ0n) is 42.4. The van der Waals surface area contributed by atoms with Gasteiger partial charge in [-0.1, -0.05) is 83.5 Å². The van der Waals surface area contributed by atoms with Gasteiger partial charge in [-0.05, 0) is 80.0 Å². The molecule has 21 heteroatoms. The van der Waals surface area contributed by atoms with Crippen molar-refractivity contribution in [1.29, 1.82) is 0 Å². The lowest BCUT2D eigenvalue weighted by Crippen LogP contribution is -2.59. The molecule has 1 aliphatic rings. The molecule has 1 aliphatic heterocycles. The number of ether oxygens (including phenoxy) is 2. The van der Waals surface area contributed by atoms with E-state index in [1.54, 1.807) is 48.5 Å². The van der Waals surface area contributed by atoms with E-state index >= 15 is 0 Å². The molecule has 7 amide bonds. The number of urea groups is 1. The van der Waals surface area contributed by atoms with Crippen LogP contribution in [-0.4, -0.2) is 118 Å². The Balaban J connectivity index is 1.42. The minimum absolute atomic E-state index is 0.0723. The molecule has 0 saturated carbocycles. The maximum absolute atomic E-state index is 14.6. The lowest BCUT2D eigenvalue weighted by molar-refractivity contribution is -0.149. The van der Waals surface area contributed by atoms with E-state index in [-0.39, 0.29) is 49.4 Å². The summed E-state index contributed by atoms with van der Waals surface area (Å²) in [7, 11) is 1.64. The fraction of sp³-hybridized carbons (Fsp3) is 0.549. The van der Waals surface area contributed by atoms with Crippen LogP contribution < -0.4 is 32.7 Å². The van der Waals surface area contributed by atoms with E-state index < -0.39 is 84.0 Å². The first-order valence-electron chi connectivity index (χ1n) is 24.6. The monoisotopic (exact) mass is 1020 g/mol. The summed E-state index contributed by atoms with van der Waals surface area (Å²) < 4.78 is 11.5. The van der Waals surface area contributed by atoms with Crippen molar-refractivity contribution in [3.05, 3.63) is 81.8 Å². The quantitative estimate of drug-likeness (QED) is 0.0386. The number of hydrogen-bond acceptors (Lipinski definition) is 13. The van der Waals surface area contributed by atoms with Crippen LogP contribution in [0.15, 0.2) is 60.0 Å². The van der Waals surface area contributed by atoms with Crippen LogP contribution in [0.1, 0.15) is 126 Å². The van der Waals surface area contributed by atoms with Crippen LogP contribution in [0.2, 0.25) is 0 Å². The molecule has 2 aromatic carbocycles. The Morgan fingerprint density at radius 1 is 0.944 bits per heavy atom. The number of likely N-dealkylation sites (N-methyl/N-ethyl adjacent to an activating group) is 1. The highest BCUT2D eigenvalue weighted by Crippen LogP contribution is 2.31. The van der Waals surface area contributed by atoms with Crippen molar-refractivity contribution in [2.75, 3.05) is 25.5 Å². The minimum atomic E-state index is -0.978. The van der Waals surface area contributed by atoms with Gasteiger partial charge in [0.15, 0.2) is 6.10 Å². The summed E-state index contributed by atoms with van der Waals surface area (Å²) in [5, 5.41) is 22.6. The van der Waals surface area contributed by atoms with Crippen LogP contribution in [0.5, 0.6) is 0 Å². The van der Waals surface area contributed by atoms with E-state index in [4.69, 9.17) is 20.9 Å². The van der Waals surface area contributed by atoms with Gasteiger partial charge in [-0.2, -0.15) is 0 Å². The average molecular weight is 1020 g/mol. The van der Waals surface area contributed by atoms with E-state index in [9.17, 15) is 43.5 Å². The molecule has 8 atom stereocenters. The molecule has 20 nitrogen and oxygen atoms in total. The number of carboxylic acids is 1. The zero-order chi connectivity index (χ0) is 53.1. The van der Waals surface area contributed by atoms with Crippen LogP contribution >= 0.6 is 11.3 Å². The van der Waals surface area contributed by atoms with Crippen molar-refractivity contribution in [3.8, 4) is 0 Å². The third kappa shape index (κ3) is 17.9. The number of amides is 7. The molecule has 0 aliphatic carbocycles. The fourth-order valence-corrected chi connectivity index (χ4v) is 9.30. The number of aliphatic carboxylic acids is 1. The number of piperidine rings is 1. The highest BCUT2D eigenvalue weighted by atomic mass is 32.1. The van der Waals surface area contributed by atoms with Crippen molar-refractivity contribution in [2.45, 2.75) is 142 Å². The van der Waals surface area contributed by atoms with E-state index in [2.05, 4.69) is 26.3 Å². The number of nitrogens with two attached hydrogens (primary N) is 2. The van der Waals surface area contributed by atoms with Crippen LogP contribution in [0.25, 0.3) is 0 Å². The summed E-state index contributed by atoms with van der Waals surface area (Å²) >= 11 is 1.13. The molecular weight excluding hydrogens is 947 g/mol. The van der Waals surface area contributed by atoms with Crippen molar-refractivity contribution in [1.82, 2.24) is 30.7 Å². The van der Waals surface area contributed by atoms with Crippen LogP contribution in [-0.2, 0) is 46.5 Å². The highest BCUT2D eigenvalue weighted by molar-refractivity contribution is 7.09. The average Bonchev–Trinajstić information content (AvgIpc) is 3.85. The number of primary amides is 1. The number of thiazole rings is 1. The van der Waals surface area contributed by atoms with Gasteiger partial charge in [0, 0.05) is 56.6 Å². The van der Waals surface area contributed by atoms with E-state index in [0.717, 1.165) is 16.9 Å². The topological polar surface area (TPSA) is 295 Å². The molecule has 9 N–H and O–H groups in total. The fourth-order valence-electron chi connectivity index (χ4n) is 8.47. The third-order valence-corrected chi connectivity index (χ3v) is 13.8. The van der Waals surface area contributed by atoms with Crippen LogP contribution in [0, 0.1) is 17.8 Å². The van der Waals surface area contributed by atoms with Gasteiger partial charge in [-0.25, -0.2) is 14.6 Å². The van der Waals surface area contributed by atoms with Crippen LogP contribution in [0.3, 0.4) is 0 Å². The zero-order valence-corrected chi connectivity index (χ0v) is 43.2. The number of nitrogens with zero attached hydrogens (tertiary/aromatic N) is 3. The number of carboxylic acid groups (broad SMARTS) is 1. The van der Waals surface area contributed by atoms with Crippen molar-refractivity contribution in [2.24, 2.45) is 29.2 Å². The molecule has 1 saturated heterocycles. The second kappa shape index (κ2) is 28.4. The number of esters is 1. The van der Waals surface area contributed by atoms with Gasteiger partial charge in [-0.15, -0.1) is 11.3 Å². The molecule has 1 fully saturated rings. The Kier molecular flexibility index (Phi) is 22.9. The molecule has 0 bridgehead atoms. The number of likely N-dealkylation sites (tertiary alicyclic amines) is 1. The Hall–Kier alpha value is -6.61. The summed E-state index contributed by atoms with van der Waals surface area (Å²) in [5.41, 5.74) is 13.2. The predicted molar refractivity (Wildman–Crippen MR) is 271 cm³/mol. The van der Waals surface area contributed by atoms with E-state index in [1.807, 2.05) is 58.0 Å². The second-order valence-corrected chi connectivity index (χ2v) is 19.7. The number of hydrogen-bond donors (Lipinski definition) is 7. The summed E-state index contributed by atoms with van der Waals surface area (Å²) in [5.74, 6) is -4.55. The Labute approximate surface area is 425 Å². The van der Waals surface area contributed by atoms with Crippen molar-refractivity contribution < 1.29 is 52.9 Å². The standard InChI is InChI=1S/C51H73N9O11S/c1-8-31(4)43(58-46(64)40-18-12-13-24-60(40)51(69)70-28-35-19-21-36(22-20-35)55-44(62)38(52)17-14-23-54-50(53)68)48(65)59(7)41(30(2)3)27-42(71-33(6)61)47-57-39(29-72-47)45(63)56-37(25-32(5)49(66)67)26-34-15-10-9-11-16-34/h9-11,15-16,19-22,29-32,37-38,40-43H,8,12-14,17-18,23-28,52H2,1-7H3,(H,55,62)(H,56,63)(H,58,64)(H,66,67)(H3,53,54,68)/t31-,32-,37+,38-,40+,41+,42+,43-/m0/s1.